The van der Waals surface area contributed by atoms with Gasteiger partial charge in [0.2, 0.25) is 0 Å². The van der Waals surface area contributed by atoms with Crippen LogP contribution in [0.2, 0.25) is 0 Å². The van der Waals surface area contributed by atoms with E-state index < -0.39 is 0 Å². The van der Waals surface area contributed by atoms with Crippen LogP contribution in [0.4, 0.5) is 5.69 Å². The summed E-state index contributed by atoms with van der Waals surface area (Å²) in [4.78, 5) is 15.3. The second-order valence-electron chi connectivity index (χ2n) is 3.56. The summed E-state index contributed by atoms with van der Waals surface area (Å²) in [6.07, 6.45) is 3.77. The lowest BCUT2D eigenvalue weighted by Gasteiger charge is -2.06. The quantitative estimate of drug-likeness (QED) is 0.779. The van der Waals surface area contributed by atoms with E-state index in [4.69, 9.17) is 5.73 Å². The molecule has 82 valence electrons. The number of aromatic nitrogens is 2. The minimum Gasteiger partial charge on any atom is -0.399 e. The van der Waals surface area contributed by atoms with Gasteiger partial charge in [0.25, 0.3) is 5.56 Å². The van der Waals surface area contributed by atoms with Crippen LogP contribution >= 0.6 is 0 Å². The fourth-order valence-electron chi connectivity index (χ4n) is 1.55. The fraction of sp³-hybridized carbons (Fsp3) is 0.167. The van der Waals surface area contributed by atoms with Crippen molar-refractivity contribution in [2.45, 2.75) is 13.0 Å². The van der Waals surface area contributed by atoms with Crippen LogP contribution in [-0.2, 0) is 13.0 Å². The number of benzene rings is 1. The van der Waals surface area contributed by atoms with Crippen LogP contribution in [0.5, 0.6) is 0 Å². The highest BCUT2D eigenvalue weighted by Gasteiger charge is 1.99. The molecule has 1 aromatic heterocycles. The van der Waals surface area contributed by atoms with Crippen LogP contribution in [-0.4, -0.2) is 9.55 Å². The maximum Gasteiger partial charge on any atom is 0.253 e. The van der Waals surface area contributed by atoms with Gasteiger partial charge in [-0.3, -0.25) is 9.36 Å². The second kappa shape index (κ2) is 4.61. The van der Waals surface area contributed by atoms with Crippen molar-refractivity contribution in [3.63, 3.8) is 0 Å². The van der Waals surface area contributed by atoms with E-state index in [0.717, 1.165) is 17.7 Å². The summed E-state index contributed by atoms with van der Waals surface area (Å²) in [5.41, 5.74) is 7.60. The summed E-state index contributed by atoms with van der Waals surface area (Å²) in [7, 11) is 0. The molecule has 0 saturated heterocycles. The highest BCUT2D eigenvalue weighted by atomic mass is 16.1. The van der Waals surface area contributed by atoms with Crippen LogP contribution in [0.15, 0.2) is 47.7 Å². The van der Waals surface area contributed by atoms with Gasteiger partial charge in [-0.25, -0.2) is 4.98 Å². The Morgan fingerprint density at radius 3 is 2.81 bits per heavy atom. The maximum absolute atomic E-state index is 11.4. The van der Waals surface area contributed by atoms with E-state index in [1.165, 1.54) is 12.3 Å². The third-order valence-corrected chi connectivity index (χ3v) is 2.47. The summed E-state index contributed by atoms with van der Waals surface area (Å²) in [5, 5.41) is 0. The molecular weight excluding hydrogens is 202 g/mol. The van der Waals surface area contributed by atoms with Crippen molar-refractivity contribution in [1.82, 2.24) is 9.55 Å². The van der Waals surface area contributed by atoms with Gasteiger partial charge in [0.05, 0.1) is 6.33 Å². The summed E-state index contributed by atoms with van der Waals surface area (Å²) in [6.45, 7) is 0.598. The molecule has 1 heterocycles. The van der Waals surface area contributed by atoms with Gasteiger partial charge in [0.1, 0.15) is 0 Å². The number of nitrogens with zero attached hydrogens (tertiary/aromatic N) is 2. The lowest BCUT2D eigenvalue weighted by Crippen LogP contribution is -2.20. The highest BCUT2D eigenvalue weighted by molar-refractivity contribution is 5.46. The van der Waals surface area contributed by atoms with Crippen molar-refractivity contribution in [1.29, 1.82) is 0 Å². The lowest BCUT2D eigenvalue weighted by molar-refractivity contribution is 0.655. The molecule has 0 atom stereocenters. The first-order valence-electron chi connectivity index (χ1n) is 5.11. The Bertz CT molecular complexity index is 534. The first kappa shape index (κ1) is 10.4. The van der Waals surface area contributed by atoms with Crippen LogP contribution in [0.25, 0.3) is 0 Å². The van der Waals surface area contributed by atoms with E-state index in [9.17, 15) is 4.79 Å². The predicted octanol–water partition coefficient (Wildman–Crippen LogP) is 1.07. The van der Waals surface area contributed by atoms with Crippen molar-refractivity contribution in [2.75, 3.05) is 5.73 Å². The molecule has 0 radical (unpaired) electrons. The zero-order valence-electron chi connectivity index (χ0n) is 8.84. The third-order valence-electron chi connectivity index (χ3n) is 2.47. The standard InChI is InChI=1S/C12H13N3O/c13-11-4-2-1-3-10(11)6-8-15-9-14-7-5-12(15)16/h1-5,7,9H,6,8,13H2. The Kier molecular flexibility index (Phi) is 3.00. The van der Waals surface area contributed by atoms with Gasteiger partial charge in [-0.2, -0.15) is 0 Å². The van der Waals surface area contributed by atoms with Gasteiger partial charge >= 0.3 is 0 Å². The van der Waals surface area contributed by atoms with Gasteiger partial charge in [-0.1, -0.05) is 18.2 Å². The summed E-state index contributed by atoms with van der Waals surface area (Å²) in [6, 6.07) is 9.12. The number of aryl methyl sites for hydroxylation is 2. The first-order chi connectivity index (χ1) is 7.77. The molecule has 2 rings (SSSR count). The molecule has 0 fully saturated rings. The average Bonchev–Trinajstić information content (AvgIpc) is 2.30. The number of rotatable bonds is 3. The molecule has 1 aromatic carbocycles. The number of para-hydroxylation sites is 1. The van der Waals surface area contributed by atoms with Crippen molar-refractivity contribution in [2.24, 2.45) is 0 Å². The maximum atomic E-state index is 11.4. The minimum absolute atomic E-state index is 0.0375. The molecule has 0 unspecified atom stereocenters. The molecule has 0 aliphatic rings. The van der Waals surface area contributed by atoms with Crippen LogP contribution in [0.1, 0.15) is 5.56 Å². The number of nitrogens with two attached hydrogens (primary N) is 1. The molecule has 0 amide bonds. The largest absolute Gasteiger partial charge is 0.399 e. The van der Waals surface area contributed by atoms with Crippen LogP contribution in [0, 0.1) is 0 Å². The average molecular weight is 215 g/mol. The molecule has 0 bridgehead atoms. The smallest absolute Gasteiger partial charge is 0.253 e. The predicted molar refractivity (Wildman–Crippen MR) is 63.1 cm³/mol. The van der Waals surface area contributed by atoms with Crippen molar-refractivity contribution in [3.05, 3.63) is 58.8 Å². The van der Waals surface area contributed by atoms with E-state index in [0.29, 0.717) is 6.54 Å². The number of hydrogen-bond donors (Lipinski definition) is 1. The van der Waals surface area contributed by atoms with Gasteiger partial charge < -0.3 is 5.73 Å². The fourth-order valence-corrected chi connectivity index (χ4v) is 1.55. The molecule has 0 aliphatic carbocycles. The van der Waals surface area contributed by atoms with Gasteiger partial charge in [-0.05, 0) is 18.1 Å². The zero-order valence-corrected chi connectivity index (χ0v) is 8.84. The topological polar surface area (TPSA) is 60.9 Å². The second-order valence-corrected chi connectivity index (χ2v) is 3.56. The normalized spacial score (nSPS) is 10.2. The van der Waals surface area contributed by atoms with Crippen molar-refractivity contribution < 1.29 is 0 Å². The summed E-state index contributed by atoms with van der Waals surface area (Å²) >= 11 is 0. The number of anilines is 1. The number of nitrogen functional groups attached to an aromatic ring is 1. The summed E-state index contributed by atoms with van der Waals surface area (Å²) in [5.74, 6) is 0. The van der Waals surface area contributed by atoms with E-state index in [2.05, 4.69) is 4.98 Å². The lowest BCUT2D eigenvalue weighted by atomic mass is 10.1. The Hall–Kier alpha value is -2.10. The molecule has 4 nitrogen and oxygen atoms in total. The van der Waals surface area contributed by atoms with E-state index in [1.807, 2.05) is 24.3 Å². The molecule has 0 aliphatic heterocycles. The Labute approximate surface area is 93.4 Å². The highest BCUT2D eigenvalue weighted by Crippen LogP contribution is 2.11. The van der Waals surface area contributed by atoms with Crippen LogP contribution < -0.4 is 11.3 Å². The van der Waals surface area contributed by atoms with E-state index in [-0.39, 0.29) is 5.56 Å². The monoisotopic (exact) mass is 215 g/mol. The molecular formula is C12H13N3O. The molecule has 0 spiro atoms. The molecule has 0 saturated carbocycles. The molecule has 2 N–H and O–H groups in total. The van der Waals surface area contributed by atoms with Gasteiger partial charge in [-0.15, -0.1) is 0 Å². The van der Waals surface area contributed by atoms with Crippen molar-refractivity contribution >= 4 is 5.69 Å². The first-order valence-corrected chi connectivity index (χ1v) is 5.11. The number of hydrogen-bond acceptors (Lipinski definition) is 3. The molecule has 4 heteroatoms. The molecule has 16 heavy (non-hydrogen) atoms. The SMILES string of the molecule is Nc1ccccc1CCn1cnccc1=O. The minimum atomic E-state index is -0.0375. The van der Waals surface area contributed by atoms with Gasteiger partial charge in [0, 0.05) is 24.5 Å². The Morgan fingerprint density at radius 1 is 1.25 bits per heavy atom. The molecule has 2 aromatic rings. The zero-order chi connectivity index (χ0) is 11.4. The van der Waals surface area contributed by atoms with E-state index >= 15 is 0 Å². The Balaban J connectivity index is 2.12. The van der Waals surface area contributed by atoms with Crippen LogP contribution in [0.3, 0.4) is 0 Å². The third kappa shape index (κ3) is 2.28. The van der Waals surface area contributed by atoms with E-state index in [1.54, 1.807) is 10.9 Å². The van der Waals surface area contributed by atoms with Crippen molar-refractivity contribution in [3.8, 4) is 0 Å². The van der Waals surface area contributed by atoms with Gasteiger partial charge in [0.15, 0.2) is 0 Å². The summed E-state index contributed by atoms with van der Waals surface area (Å²) < 4.78 is 1.58. The Morgan fingerprint density at radius 2 is 2.06 bits per heavy atom.